The number of phenolic OH excluding ortho intramolecular Hbond substituents is 1. The Labute approximate surface area is 164 Å². The average molecular weight is 395 g/mol. The third-order valence-electron chi connectivity index (χ3n) is 4.15. The zero-order chi connectivity index (χ0) is 21.5. The second kappa shape index (κ2) is 10.1. The number of aromatic hydroxyl groups is 1. The molecule has 154 valence electrons. The minimum Gasteiger partial charge on any atom is -0.508 e. The highest BCUT2D eigenvalue weighted by Gasteiger charge is 2.33. The van der Waals surface area contributed by atoms with E-state index in [1.807, 2.05) is 45.7 Å². The lowest BCUT2D eigenvalue weighted by molar-refractivity contribution is -0.137. The largest absolute Gasteiger partial charge is 0.508 e. The van der Waals surface area contributed by atoms with E-state index >= 15 is 0 Å². The first kappa shape index (κ1) is 23.5. The van der Waals surface area contributed by atoms with Crippen molar-refractivity contribution in [3.63, 3.8) is 0 Å². The van der Waals surface area contributed by atoms with E-state index < -0.39 is 23.5 Å². The van der Waals surface area contributed by atoms with Crippen LogP contribution in [0.15, 0.2) is 42.7 Å². The molecule has 0 spiro atoms. The van der Waals surface area contributed by atoms with Crippen LogP contribution in [0.5, 0.6) is 5.75 Å². The number of rotatable bonds is 1. The number of nitrogens with two attached hydrogens (primary N) is 1. The third-order valence-corrected chi connectivity index (χ3v) is 4.15. The van der Waals surface area contributed by atoms with E-state index in [4.69, 9.17) is 5.73 Å². The molecule has 0 saturated heterocycles. The Balaban J connectivity index is 0.000000921. The molecule has 1 aliphatic rings. The van der Waals surface area contributed by atoms with Crippen molar-refractivity contribution in [3.8, 4) is 5.75 Å². The monoisotopic (exact) mass is 395 g/mol. The van der Waals surface area contributed by atoms with Crippen molar-refractivity contribution in [2.75, 3.05) is 13.6 Å². The van der Waals surface area contributed by atoms with Gasteiger partial charge in [0.15, 0.2) is 0 Å². The fourth-order valence-electron chi connectivity index (χ4n) is 2.94. The molecule has 1 unspecified atom stereocenters. The van der Waals surface area contributed by atoms with Crippen LogP contribution in [0.25, 0.3) is 5.70 Å². The summed E-state index contributed by atoms with van der Waals surface area (Å²) in [6, 6.07) is 4.38. The summed E-state index contributed by atoms with van der Waals surface area (Å²) in [4.78, 5) is 5.97. The van der Waals surface area contributed by atoms with Crippen LogP contribution in [0.4, 0.5) is 13.2 Å². The van der Waals surface area contributed by atoms with Crippen LogP contribution in [0.3, 0.4) is 0 Å². The molecule has 2 heterocycles. The van der Waals surface area contributed by atoms with Gasteiger partial charge in [0.25, 0.3) is 0 Å². The van der Waals surface area contributed by atoms with Gasteiger partial charge in [-0.05, 0) is 36.9 Å². The Morgan fingerprint density at radius 3 is 2.32 bits per heavy atom. The number of pyridine rings is 1. The number of halogens is 3. The average Bonchev–Trinajstić information content (AvgIpc) is 2.81. The van der Waals surface area contributed by atoms with Crippen molar-refractivity contribution >= 4 is 5.70 Å². The van der Waals surface area contributed by atoms with Crippen LogP contribution < -0.4 is 5.73 Å². The fourth-order valence-corrected chi connectivity index (χ4v) is 2.94. The van der Waals surface area contributed by atoms with Gasteiger partial charge in [-0.2, -0.15) is 13.2 Å². The molecule has 0 aliphatic carbocycles. The molecule has 0 radical (unpaired) electrons. The standard InChI is InChI=1S/C17H16F3N3O.2C2H6/c1-23-7-5-14(21)13-9-22-6-4-11(13)16(23)12-3-2-10(8-15(12)24)17(18,19)20;2*1-2/h2-6,8-9,16,24H,7,21H2,1H3;2*1-2H3. The molecule has 3 N–H and O–H groups in total. The van der Waals surface area contributed by atoms with E-state index in [2.05, 4.69) is 4.98 Å². The van der Waals surface area contributed by atoms with E-state index in [9.17, 15) is 18.3 Å². The Hall–Kier alpha value is -2.54. The Morgan fingerprint density at radius 2 is 1.75 bits per heavy atom. The van der Waals surface area contributed by atoms with Gasteiger partial charge in [0.2, 0.25) is 0 Å². The van der Waals surface area contributed by atoms with E-state index in [1.54, 1.807) is 18.5 Å². The van der Waals surface area contributed by atoms with Crippen molar-refractivity contribution < 1.29 is 18.3 Å². The van der Waals surface area contributed by atoms with Crippen molar-refractivity contribution in [1.29, 1.82) is 0 Å². The van der Waals surface area contributed by atoms with Crippen LogP contribution in [0.1, 0.15) is 56.0 Å². The topological polar surface area (TPSA) is 62.4 Å². The van der Waals surface area contributed by atoms with Gasteiger partial charge in [-0.25, -0.2) is 0 Å². The van der Waals surface area contributed by atoms with Crippen molar-refractivity contribution in [2.45, 2.75) is 39.9 Å². The molecular weight excluding hydrogens is 367 g/mol. The highest BCUT2D eigenvalue weighted by Crippen LogP contribution is 2.40. The van der Waals surface area contributed by atoms with Crippen molar-refractivity contribution in [1.82, 2.24) is 9.88 Å². The summed E-state index contributed by atoms with van der Waals surface area (Å²) in [7, 11) is 1.82. The van der Waals surface area contributed by atoms with E-state index in [1.165, 1.54) is 6.07 Å². The first-order chi connectivity index (χ1) is 13.3. The number of likely N-dealkylation sites (N-methyl/N-ethyl adjacent to an activating group) is 1. The summed E-state index contributed by atoms with van der Waals surface area (Å²) in [6.45, 7) is 8.49. The van der Waals surface area contributed by atoms with Gasteiger partial charge in [0.1, 0.15) is 5.75 Å². The summed E-state index contributed by atoms with van der Waals surface area (Å²) in [5.41, 5.74) is 7.61. The molecule has 1 atom stereocenters. The molecule has 1 aromatic carbocycles. The summed E-state index contributed by atoms with van der Waals surface area (Å²) in [6.07, 6.45) is 0.536. The SMILES string of the molecule is CC.CC.CN1CC=C(N)c2cnccc2C1c1ccc(C(F)(F)F)cc1O. The Bertz CT molecular complexity index is 804. The number of alkyl halides is 3. The summed E-state index contributed by atoms with van der Waals surface area (Å²) in [5.74, 6) is -0.398. The van der Waals surface area contributed by atoms with Crippen molar-refractivity contribution in [2.24, 2.45) is 5.73 Å². The second-order valence-electron chi connectivity index (χ2n) is 5.74. The van der Waals surface area contributed by atoms with E-state index in [-0.39, 0.29) is 0 Å². The predicted molar refractivity (Wildman–Crippen MR) is 107 cm³/mol. The van der Waals surface area contributed by atoms with Crippen LogP contribution in [-0.4, -0.2) is 28.6 Å². The van der Waals surface area contributed by atoms with Gasteiger partial charge in [-0.15, -0.1) is 0 Å². The molecule has 2 aromatic rings. The molecule has 3 rings (SSSR count). The van der Waals surface area contributed by atoms with E-state index in [0.717, 1.165) is 17.7 Å². The normalized spacial score (nSPS) is 16.4. The summed E-state index contributed by atoms with van der Waals surface area (Å²) < 4.78 is 38.5. The number of fused-ring (bicyclic) bond motifs is 1. The van der Waals surface area contributed by atoms with Gasteiger partial charge in [-0.3, -0.25) is 9.88 Å². The highest BCUT2D eigenvalue weighted by atomic mass is 19.4. The molecule has 1 aromatic heterocycles. The lowest BCUT2D eigenvalue weighted by Crippen LogP contribution is -2.25. The zero-order valence-electron chi connectivity index (χ0n) is 16.9. The van der Waals surface area contributed by atoms with Gasteiger partial charge in [0.05, 0.1) is 11.6 Å². The smallest absolute Gasteiger partial charge is 0.416 e. The molecular formula is C21H28F3N3O. The molecule has 7 heteroatoms. The molecule has 1 aliphatic heterocycles. The van der Waals surface area contributed by atoms with E-state index in [0.29, 0.717) is 23.4 Å². The number of phenols is 1. The highest BCUT2D eigenvalue weighted by molar-refractivity contribution is 5.67. The quantitative estimate of drug-likeness (QED) is 0.697. The van der Waals surface area contributed by atoms with Gasteiger partial charge >= 0.3 is 6.18 Å². The molecule has 0 bridgehead atoms. The molecule has 0 fully saturated rings. The molecule has 0 saturated carbocycles. The maximum absolute atomic E-state index is 12.8. The first-order valence-corrected chi connectivity index (χ1v) is 9.29. The lowest BCUT2D eigenvalue weighted by atomic mass is 9.93. The summed E-state index contributed by atoms with van der Waals surface area (Å²) >= 11 is 0. The van der Waals surface area contributed by atoms with Crippen molar-refractivity contribution in [3.05, 3.63) is 65.0 Å². The van der Waals surface area contributed by atoms with Crippen LogP contribution in [0.2, 0.25) is 0 Å². The molecule has 0 amide bonds. The number of nitrogens with zero attached hydrogens (tertiary/aromatic N) is 2. The first-order valence-electron chi connectivity index (χ1n) is 9.29. The molecule has 4 nitrogen and oxygen atoms in total. The number of benzene rings is 1. The third kappa shape index (κ3) is 5.04. The maximum Gasteiger partial charge on any atom is 0.416 e. The number of hydrogen-bond donors (Lipinski definition) is 2. The number of hydrogen-bond acceptors (Lipinski definition) is 4. The van der Waals surface area contributed by atoms with Crippen LogP contribution in [-0.2, 0) is 6.18 Å². The Morgan fingerprint density at radius 1 is 1.11 bits per heavy atom. The summed E-state index contributed by atoms with van der Waals surface area (Å²) in [5, 5.41) is 10.2. The zero-order valence-corrected chi connectivity index (χ0v) is 16.9. The van der Waals surface area contributed by atoms with Gasteiger partial charge in [0, 0.05) is 35.8 Å². The second-order valence-corrected chi connectivity index (χ2v) is 5.74. The minimum atomic E-state index is -4.50. The molecule has 28 heavy (non-hydrogen) atoms. The van der Waals surface area contributed by atoms with Gasteiger partial charge in [-0.1, -0.05) is 33.8 Å². The maximum atomic E-state index is 12.8. The Kier molecular flexibility index (Phi) is 8.50. The van der Waals surface area contributed by atoms with Gasteiger partial charge < -0.3 is 10.8 Å². The predicted octanol–water partition coefficient (Wildman–Crippen LogP) is 5.19. The van der Waals surface area contributed by atoms with Crippen LogP contribution in [0, 0.1) is 0 Å². The van der Waals surface area contributed by atoms with Crippen LogP contribution >= 0.6 is 0 Å². The number of aromatic nitrogens is 1. The fraction of sp³-hybridized carbons (Fsp3) is 0.381. The minimum absolute atomic E-state index is 0.390. The lowest BCUT2D eigenvalue weighted by Gasteiger charge is -2.28.